The molecule has 0 bridgehead atoms. The van der Waals surface area contributed by atoms with Gasteiger partial charge in [-0.2, -0.15) is 0 Å². The van der Waals surface area contributed by atoms with Crippen LogP contribution in [0.5, 0.6) is 11.5 Å². The van der Waals surface area contributed by atoms with E-state index < -0.39 is 65.9 Å². The maximum atomic E-state index is 13.6. The van der Waals surface area contributed by atoms with Crippen LogP contribution >= 0.6 is 21.6 Å². The number of carbonyl (C=O) groups excluding carboxylic acids is 4. The number of aliphatic carboxylic acids is 1. The van der Waals surface area contributed by atoms with Crippen molar-refractivity contribution in [1.82, 2.24) is 20.9 Å². The van der Waals surface area contributed by atoms with Crippen molar-refractivity contribution in [1.29, 1.82) is 0 Å². The molecule has 2 heterocycles. The van der Waals surface area contributed by atoms with Gasteiger partial charge in [-0.3, -0.25) is 19.2 Å². The number of nitrogens with zero attached hydrogens (tertiary/aromatic N) is 1. The summed E-state index contributed by atoms with van der Waals surface area (Å²) in [6, 6.07) is 9.68. The normalized spacial score (nSPS) is 25.5. The quantitative estimate of drug-likeness (QED) is 0.226. The van der Waals surface area contributed by atoms with Crippen molar-refractivity contribution < 1.29 is 38.9 Å². The number of carboxylic acid groups (broad SMARTS) is 1. The Balaban J connectivity index is 1.50. The third kappa shape index (κ3) is 8.80. The summed E-state index contributed by atoms with van der Waals surface area (Å²) in [5.74, 6) is -3.03. The number of hydrogen-bond acceptors (Lipinski definition) is 10. The van der Waals surface area contributed by atoms with E-state index in [2.05, 4.69) is 16.0 Å². The van der Waals surface area contributed by atoms with Crippen molar-refractivity contribution >= 4 is 51.2 Å². The maximum Gasteiger partial charge on any atom is 0.327 e. The first-order valence-corrected chi connectivity index (χ1v) is 16.4. The molecule has 2 aromatic carbocycles. The van der Waals surface area contributed by atoms with Crippen molar-refractivity contribution in [3.05, 3.63) is 60.2 Å². The first kappa shape index (κ1) is 33.0. The number of phenols is 1. The number of para-hydroxylation sites is 1. The predicted molar refractivity (Wildman–Crippen MR) is 165 cm³/mol. The van der Waals surface area contributed by atoms with Crippen LogP contribution in [-0.2, 0) is 30.4 Å². The third-order valence-electron chi connectivity index (χ3n) is 7.15. The lowest BCUT2D eigenvalue weighted by Gasteiger charge is -2.29. The van der Waals surface area contributed by atoms with Crippen LogP contribution in [0.4, 0.5) is 0 Å². The van der Waals surface area contributed by atoms with Gasteiger partial charge in [-0.05, 0) is 43.2 Å². The number of rotatable bonds is 7. The van der Waals surface area contributed by atoms with Gasteiger partial charge in [0.15, 0.2) is 0 Å². The first-order valence-electron chi connectivity index (χ1n) is 14.0. The number of nitrogens with one attached hydrogen (secondary N) is 3. The highest BCUT2D eigenvalue weighted by Gasteiger charge is 2.43. The Morgan fingerprint density at radius 2 is 1.73 bits per heavy atom. The molecule has 236 valence electrons. The SMILES string of the molecule is C[C@@H]1NC(=O)[C@@H](NC(=O)[C@@H](N)Cc2ccc(O)cc2)CSSC[C@@H](C(=O)O)NC(=O)[C@@H]2C[C@@H](Oc3ccccc3)CN2C1=O. The number of ether oxygens (including phenoxy) is 1. The Hall–Kier alpha value is -3.95. The van der Waals surface area contributed by atoms with Crippen LogP contribution < -0.4 is 26.4 Å². The fourth-order valence-electron chi connectivity index (χ4n) is 4.81. The van der Waals surface area contributed by atoms with E-state index in [1.54, 1.807) is 36.4 Å². The molecule has 44 heavy (non-hydrogen) atoms. The van der Waals surface area contributed by atoms with E-state index in [0.29, 0.717) is 11.3 Å². The summed E-state index contributed by atoms with van der Waals surface area (Å²) in [4.78, 5) is 66.4. The Morgan fingerprint density at radius 3 is 2.41 bits per heavy atom. The molecule has 2 saturated heterocycles. The lowest BCUT2D eigenvalue weighted by atomic mass is 10.1. The van der Waals surface area contributed by atoms with Crippen molar-refractivity contribution in [2.45, 2.75) is 56.1 Å². The molecule has 13 nitrogen and oxygen atoms in total. The molecular weight excluding hydrogens is 610 g/mol. The largest absolute Gasteiger partial charge is 0.508 e. The summed E-state index contributed by atoms with van der Waals surface area (Å²) in [5, 5.41) is 27.1. The number of carbonyl (C=O) groups is 5. The molecule has 15 heteroatoms. The zero-order valence-corrected chi connectivity index (χ0v) is 25.5. The van der Waals surface area contributed by atoms with Crippen LogP contribution in [0.15, 0.2) is 54.6 Å². The number of phenolic OH excluding ortho intramolecular Hbond substituents is 1. The number of benzene rings is 2. The summed E-state index contributed by atoms with van der Waals surface area (Å²) < 4.78 is 6.00. The van der Waals surface area contributed by atoms with E-state index in [-0.39, 0.29) is 36.6 Å². The fraction of sp³-hybridized carbons (Fsp3) is 0.414. The van der Waals surface area contributed by atoms with Gasteiger partial charge < -0.3 is 41.5 Å². The highest BCUT2D eigenvalue weighted by Crippen LogP contribution is 2.27. The van der Waals surface area contributed by atoms with Gasteiger partial charge in [0.2, 0.25) is 23.6 Å². The van der Waals surface area contributed by atoms with Crippen LogP contribution in [-0.4, -0.2) is 99.1 Å². The summed E-state index contributed by atoms with van der Waals surface area (Å²) >= 11 is 0. The molecule has 2 aliphatic rings. The average Bonchev–Trinajstić information content (AvgIpc) is 3.42. The number of amides is 4. The summed E-state index contributed by atoms with van der Waals surface area (Å²) in [5.41, 5.74) is 6.81. The molecule has 0 spiro atoms. The van der Waals surface area contributed by atoms with E-state index >= 15 is 0 Å². The third-order valence-corrected chi connectivity index (χ3v) is 9.57. The number of fused-ring (bicyclic) bond motifs is 1. The zero-order valence-electron chi connectivity index (χ0n) is 23.9. The fourth-order valence-corrected chi connectivity index (χ4v) is 7.13. The molecule has 0 aliphatic carbocycles. The topological polar surface area (TPSA) is 200 Å². The molecular formula is C29H35N5O8S2. The van der Waals surface area contributed by atoms with E-state index in [0.717, 1.165) is 21.6 Å². The molecule has 2 aromatic rings. The minimum absolute atomic E-state index is 0.0323. The molecule has 7 N–H and O–H groups in total. The van der Waals surface area contributed by atoms with Crippen molar-refractivity contribution in [2.75, 3.05) is 18.1 Å². The van der Waals surface area contributed by atoms with Gasteiger partial charge in [-0.1, -0.05) is 51.9 Å². The second kappa shape index (κ2) is 15.2. The van der Waals surface area contributed by atoms with Crippen molar-refractivity contribution in [3.8, 4) is 11.5 Å². The second-order valence-corrected chi connectivity index (χ2v) is 13.1. The monoisotopic (exact) mass is 645 g/mol. The number of hydrogen-bond donors (Lipinski definition) is 6. The van der Waals surface area contributed by atoms with Crippen LogP contribution in [0.25, 0.3) is 0 Å². The number of aromatic hydroxyl groups is 1. The lowest BCUT2D eigenvalue weighted by Crippen LogP contribution is -2.58. The molecule has 0 saturated carbocycles. The van der Waals surface area contributed by atoms with Gasteiger partial charge in [0.05, 0.1) is 12.6 Å². The first-order chi connectivity index (χ1) is 21.0. The summed E-state index contributed by atoms with van der Waals surface area (Å²) in [6.45, 7) is 1.52. The van der Waals surface area contributed by atoms with Gasteiger partial charge in [-0.25, -0.2) is 4.79 Å². The molecule has 4 rings (SSSR count). The van der Waals surface area contributed by atoms with E-state index in [1.165, 1.54) is 24.0 Å². The highest BCUT2D eigenvalue weighted by atomic mass is 33.1. The molecule has 4 amide bonds. The smallest absolute Gasteiger partial charge is 0.327 e. The molecule has 0 radical (unpaired) electrons. The maximum absolute atomic E-state index is 13.6. The summed E-state index contributed by atoms with van der Waals surface area (Å²) in [7, 11) is 2.26. The van der Waals surface area contributed by atoms with E-state index in [9.17, 15) is 34.2 Å². The molecule has 2 aliphatic heterocycles. The highest BCUT2D eigenvalue weighted by molar-refractivity contribution is 8.76. The van der Waals surface area contributed by atoms with Gasteiger partial charge in [0.25, 0.3) is 0 Å². The Bertz CT molecular complexity index is 1350. The minimum Gasteiger partial charge on any atom is -0.508 e. The number of nitrogens with two attached hydrogens (primary N) is 1. The predicted octanol–water partition coefficient (Wildman–Crippen LogP) is 0.264. The average molecular weight is 646 g/mol. The van der Waals surface area contributed by atoms with Crippen molar-refractivity contribution in [3.63, 3.8) is 0 Å². The standard InChI is InChI=1S/C29H35N5O8S2/c1-16-28(39)34-13-20(42-19-5-3-2-4-6-19)12-24(34)27(38)33-23(29(40)41)15-44-43-14-22(26(37)31-16)32-25(36)21(30)11-17-7-9-18(35)10-8-17/h2-10,16,20-24,35H,11-15,30H2,1H3,(H,31,37)(H,32,36)(H,33,38)(H,40,41)/t16-,20+,21-,22-,23-,24-/m0/s1. The van der Waals surface area contributed by atoms with E-state index in [4.69, 9.17) is 10.5 Å². The van der Waals surface area contributed by atoms with Gasteiger partial charge in [-0.15, -0.1) is 0 Å². The van der Waals surface area contributed by atoms with Crippen LogP contribution in [0.1, 0.15) is 18.9 Å². The Morgan fingerprint density at radius 1 is 1.05 bits per heavy atom. The number of carboxylic acids is 1. The Labute approximate surface area is 262 Å². The zero-order chi connectivity index (χ0) is 31.8. The van der Waals surface area contributed by atoms with E-state index in [1.807, 2.05) is 6.07 Å². The Kier molecular flexibility index (Phi) is 11.4. The second-order valence-electron chi connectivity index (χ2n) is 10.5. The minimum atomic E-state index is -1.26. The van der Waals surface area contributed by atoms with Crippen molar-refractivity contribution in [2.24, 2.45) is 5.73 Å². The lowest BCUT2D eigenvalue weighted by molar-refractivity contribution is -0.144. The van der Waals surface area contributed by atoms with Crippen LogP contribution in [0, 0.1) is 0 Å². The van der Waals surface area contributed by atoms with Crippen LogP contribution in [0.3, 0.4) is 0 Å². The molecule has 6 atom stereocenters. The summed E-state index contributed by atoms with van der Waals surface area (Å²) in [6.07, 6.45) is -0.273. The molecule has 0 aromatic heterocycles. The van der Waals surface area contributed by atoms with Gasteiger partial charge in [0, 0.05) is 17.9 Å². The van der Waals surface area contributed by atoms with Crippen LogP contribution in [0.2, 0.25) is 0 Å². The van der Waals surface area contributed by atoms with Gasteiger partial charge in [0.1, 0.15) is 41.8 Å². The molecule has 0 unspecified atom stereocenters. The van der Waals surface area contributed by atoms with Gasteiger partial charge >= 0.3 is 5.97 Å². The molecule has 2 fully saturated rings.